The zero-order chi connectivity index (χ0) is 17.5. The SMILES string of the molecule is CC[C@@H](C)c1ccc(OCC(=O)Nc2ccc(OC)c(Cl)c2)cc1. The molecule has 0 aliphatic heterocycles. The predicted octanol–water partition coefficient (Wildman–Crippen LogP) is 4.88. The van der Waals surface area contributed by atoms with Crippen molar-refractivity contribution < 1.29 is 14.3 Å². The minimum absolute atomic E-state index is 0.0632. The number of carbonyl (C=O) groups excluding carboxylic acids is 1. The Morgan fingerprint density at radius 1 is 1.21 bits per heavy atom. The van der Waals surface area contributed by atoms with Crippen molar-refractivity contribution in [1.82, 2.24) is 0 Å². The molecule has 1 N–H and O–H groups in total. The van der Waals surface area contributed by atoms with Gasteiger partial charge in [-0.1, -0.05) is 37.6 Å². The molecule has 2 aromatic rings. The molecule has 0 fully saturated rings. The van der Waals surface area contributed by atoms with E-state index in [0.29, 0.717) is 28.1 Å². The first-order valence-corrected chi connectivity index (χ1v) is 8.27. The molecule has 1 atom stereocenters. The summed E-state index contributed by atoms with van der Waals surface area (Å²) in [6.07, 6.45) is 1.09. The average molecular weight is 348 g/mol. The van der Waals surface area contributed by atoms with Crippen LogP contribution in [0.25, 0.3) is 0 Å². The number of carbonyl (C=O) groups is 1. The molecule has 2 aromatic carbocycles. The number of hydrogen-bond acceptors (Lipinski definition) is 3. The maximum Gasteiger partial charge on any atom is 0.262 e. The number of halogens is 1. The van der Waals surface area contributed by atoms with Gasteiger partial charge in [0.05, 0.1) is 12.1 Å². The third-order valence-corrected chi connectivity index (χ3v) is 4.16. The van der Waals surface area contributed by atoms with Gasteiger partial charge in [0.2, 0.25) is 0 Å². The molecule has 0 spiro atoms. The van der Waals surface area contributed by atoms with Gasteiger partial charge in [-0.3, -0.25) is 4.79 Å². The zero-order valence-corrected chi connectivity index (χ0v) is 14.9. The Bertz CT molecular complexity index is 686. The zero-order valence-electron chi connectivity index (χ0n) is 14.1. The van der Waals surface area contributed by atoms with Crippen LogP contribution in [0, 0.1) is 0 Å². The standard InChI is InChI=1S/C19H22ClNO3/c1-4-13(2)14-5-8-16(9-6-14)24-12-19(22)21-15-7-10-18(23-3)17(20)11-15/h5-11,13H,4,12H2,1-3H3,(H,21,22)/t13-/m1/s1. The monoisotopic (exact) mass is 347 g/mol. The fourth-order valence-electron chi connectivity index (χ4n) is 2.22. The van der Waals surface area contributed by atoms with Crippen molar-refractivity contribution in [3.63, 3.8) is 0 Å². The summed E-state index contributed by atoms with van der Waals surface area (Å²) in [6, 6.07) is 12.9. The van der Waals surface area contributed by atoms with Crippen molar-refractivity contribution in [3.05, 3.63) is 53.1 Å². The van der Waals surface area contributed by atoms with E-state index in [2.05, 4.69) is 19.2 Å². The first-order valence-electron chi connectivity index (χ1n) is 7.89. The summed E-state index contributed by atoms with van der Waals surface area (Å²) < 4.78 is 10.6. The molecule has 0 saturated heterocycles. The summed E-state index contributed by atoms with van der Waals surface area (Å²) in [6.45, 7) is 4.28. The minimum atomic E-state index is -0.248. The maximum absolute atomic E-state index is 12.0. The second kappa shape index (κ2) is 8.60. The highest BCUT2D eigenvalue weighted by molar-refractivity contribution is 6.32. The normalized spacial score (nSPS) is 11.7. The summed E-state index contributed by atoms with van der Waals surface area (Å²) in [4.78, 5) is 12.0. The van der Waals surface area contributed by atoms with Gasteiger partial charge >= 0.3 is 0 Å². The average Bonchev–Trinajstić information content (AvgIpc) is 2.60. The number of anilines is 1. The lowest BCUT2D eigenvalue weighted by molar-refractivity contribution is -0.118. The van der Waals surface area contributed by atoms with E-state index in [1.54, 1.807) is 25.3 Å². The Kier molecular flexibility index (Phi) is 6.50. The maximum atomic E-state index is 12.0. The largest absolute Gasteiger partial charge is 0.495 e. The van der Waals surface area contributed by atoms with E-state index in [4.69, 9.17) is 21.1 Å². The molecule has 0 aliphatic rings. The van der Waals surface area contributed by atoms with E-state index in [0.717, 1.165) is 6.42 Å². The molecule has 0 aliphatic carbocycles. The highest BCUT2D eigenvalue weighted by atomic mass is 35.5. The van der Waals surface area contributed by atoms with E-state index in [1.807, 2.05) is 24.3 Å². The molecule has 128 valence electrons. The van der Waals surface area contributed by atoms with Crippen LogP contribution in [0.2, 0.25) is 5.02 Å². The Hall–Kier alpha value is -2.20. The summed E-state index contributed by atoms with van der Waals surface area (Å²) in [7, 11) is 1.54. The molecule has 4 nitrogen and oxygen atoms in total. The van der Waals surface area contributed by atoms with E-state index < -0.39 is 0 Å². The van der Waals surface area contributed by atoms with E-state index in [-0.39, 0.29) is 12.5 Å². The molecular weight excluding hydrogens is 326 g/mol. The molecule has 0 heterocycles. The molecule has 2 rings (SSSR count). The van der Waals surface area contributed by atoms with Crippen molar-refractivity contribution in [2.45, 2.75) is 26.2 Å². The Morgan fingerprint density at radius 2 is 1.92 bits per heavy atom. The van der Waals surface area contributed by atoms with Crippen molar-refractivity contribution in [3.8, 4) is 11.5 Å². The Labute approximate surface area is 147 Å². The first-order chi connectivity index (χ1) is 11.5. The van der Waals surface area contributed by atoms with Crippen LogP contribution in [0.15, 0.2) is 42.5 Å². The van der Waals surface area contributed by atoms with Gasteiger partial charge in [0.1, 0.15) is 11.5 Å². The van der Waals surface area contributed by atoms with Gasteiger partial charge in [-0.2, -0.15) is 0 Å². The molecular formula is C19H22ClNO3. The highest BCUT2D eigenvalue weighted by Gasteiger charge is 2.07. The van der Waals surface area contributed by atoms with Crippen LogP contribution in [0.5, 0.6) is 11.5 Å². The molecule has 5 heteroatoms. The number of hydrogen-bond donors (Lipinski definition) is 1. The molecule has 0 aromatic heterocycles. The molecule has 1 amide bonds. The lowest BCUT2D eigenvalue weighted by Crippen LogP contribution is -2.20. The highest BCUT2D eigenvalue weighted by Crippen LogP contribution is 2.27. The molecule has 0 radical (unpaired) electrons. The summed E-state index contributed by atoms with van der Waals surface area (Å²) in [5.74, 6) is 1.50. The third-order valence-electron chi connectivity index (χ3n) is 3.87. The topological polar surface area (TPSA) is 47.6 Å². The van der Waals surface area contributed by atoms with Gasteiger partial charge in [-0.15, -0.1) is 0 Å². The first kappa shape index (κ1) is 18.1. The fraction of sp³-hybridized carbons (Fsp3) is 0.316. The van der Waals surface area contributed by atoms with Gasteiger partial charge in [0, 0.05) is 5.69 Å². The number of methoxy groups -OCH3 is 1. The van der Waals surface area contributed by atoms with E-state index in [9.17, 15) is 4.79 Å². The van der Waals surface area contributed by atoms with Gasteiger partial charge in [0.25, 0.3) is 5.91 Å². The van der Waals surface area contributed by atoms with Crippen LogP contribution in [0.1, 0.15) is 31.7 Å². The number of amides is 1. The molecule has 0 saturated carbocycles. The second-order valence-corrected chi connectivity index (χ2v) is 5.97. The van der Waals surface area contributed by atoms with Crippen LogP contribution in [-0.4, -0.2) is 19.6 Å². The van der Waals surface area contributed by atoms with Gasteiger partial charge in [0.15, 0.2) is 6.61 Å². The number of rotatable bonds is 7. The second-order valence-electron chi connectivity index (χ2n) is 5.56. The van der Waals surface area contributed by atoms with Crippen molar-refractivity contribution in [2.75, 3.05) is 19.0 Å². The number of ether oxygens (including phenoxy) is 2. The van der Waals surface area contributed by atoms with Crippen LogP contribution in [0.3, 0.4) is 0 Å². The minimum Gasteiger partial charge on any atom is -0.495 e. The fourth-order valence-corrected chi connectivity index (χ4v) is 2.48. The lowest BCUT2D eigenvalue weighted by Gasteiger charge is -2.11. The molecule has 24 heavy (non-hydrogen) atoms. The van der Waals surface area contributed by atoms with E-state index in [1.165, 1.54) is 5.56 Å². The summed E-state index contributed by atoms with van der Waals surface area (Å²) in [5.41, 5.74) is 1.86. The summed E-state index contributed by atoms with van der Waals surface area (Å²) in [5, 5.41) is 3.18. The van der Waals surface area contributed by atoms with Crippen molar-refractivity contribution >= 4 is 23.2 Å². The Morgan fingerprint density at radius 3 is 2.50 bits per heavy atom. The quantitative estimate of drug-likeness (QED) is 0.776. The van der Waals surface area contributed by atoms with Crippen molar-refractivity contribution in [1.29, 1.82) is 0 Å². The van der Waals surface area contributed by atoms with Crippen LogP contribution >= 0.6 is 11.6 Å². The van der Waals surface area contributed by atoms with Crippen LogP contribution < -0.4 is 14.8 Å². The molecule has 0 bridgehead atoms. The third kappa shape index (κ3) is 4.90. The predicted molar refractivity (Wildman–Crippen MR) is 97.3 cm³/mol. The van der Waals surface area contributed by atoms with Gasteiger partial charge < -0.3 is 14.8 Å². The molecule has 0 unspecified atom stereocenters. The summed E-state index contributed by atoms with van der Waals surface area (Å²) >= 11 is 6.03. The van der Waals surface area contributed by atoms with E-state index >= 15 is 0 Å². The van der Waals surface area contributed by atoms with Crippen LogP contribution in [0.4, 0.5) is 5.69 Å². The lowest BCUT2D eigenvalue weighted by atomic mass is 9.99. The Balaban J connectivity index is 1.88. The van der Waals surface area contributed by atoms with Crippen LogP contribution in [-0.2, 0) is 4.79 Å². The smallest absolute Gasteiger partial charge is 0.262 e. The van der Waals surface area contributed by atoms with Gasteiger partial charge in [-0.05, 0) is 48.2 Å². The van der Waals surface area contributed by atoms with Gasteiger partial charge in [-0.25, -0.2) is 0 Å². The number of nitrogens with one attached hydrogen (secondary N) is 1. The van der Waals surface area contributed by atoms with Crippen molar-refractivity contribution in [2.24, 2.45) is 0 Å². The number of benzene rings is 2.